The minimum Gasteiger partial charge on any atom is -0.324 e. The van der Waals surface area contributed by atoms with E-state index in [9.17, 15) is 27.7 Å². The Kier molecular flexibility index (Phi) is 6.75. The number of amides is 1. The molecule has 0 radical (unpaired) electrons. The Morgan fingerprint density at radius 1 is 1.12 bits per heavy atom. The number of anilines is 2. The molecule has 0 spiro atoms. The molecule has 8 nitrogen and oxygen atoms in total. The van der Waals surface area contributed by atoms with Crippen LogP contribution in [0, 0.1) is 22.9 Å². The highest BCUT2D eigenvalue weighted by molar-refractivity contribution is 7.92. The van der Waals surface area contributed by atoms with Gasteiger partial charge in [0.15, 0.2) is 0 Å². The van der Waals surface area contributed by atoms with Crippen LogP contribution in [0.1, 0.15) is 5.56 Å². The number of nitro benzene ring substituents is 1. The highest BCUT2D eigenvalue weighted by atomic mass is 35.5. The molecule has 3 aromatic rings. The van der Waals surface area contributed by atoms with Gasteiger partial charge < -0.3 is 5.32 Å². The predicted molar refractivity (Wildman–Crippen MR) is 119 cm³/mol. The molecule has 0 aliphatic heterocycles. The van der Waals surface area contributed by atoms with Gasteiger partial charge in [0.1, 0.15) is 17.4 Å². The van der Waals surface area contributed by atoms with Crippen molar-refractivity contribution in [2.24, 2.45) is 0 Å². The summed E-state index contributed by atoms with van der Waals surface area (Å²) in [6.45, 7) is 0.911. The molecule has 0 aliphatic carbocycles. The van der Waals surface area contributed by atoms with Crippen LogP contribution in [-0.4, -0.2) is 25.8 Å². The quantitative estimate of drug-likeness (QED) is 0.397. The van der Waals surface area contributed by atoms with Crippen molar-refractivity contribution < 1.29 is 22.5 Å². The Balaban J connectivity index is 1.97. The number of nitrogens with one attached hydrogen (secondary N) is 1. The third kappa shape index (κ3) is 5.04. The summed E-state index contributed by atoms with van der Waals surface area (Å²) in [5.74, 6) is -1.26. The minimum atomic E-state index is -4.39. The van der Waals surface area contributed by atoms with E-state index < -0.39 is 43.8 Å². The Hall–Kier alpha value is -3.50. The summed E-state index contributed by atoms with van der Waals surface area (Å²) >= 11 is 5.79. The fourth-order valence-corrected chi connectivity index (χ4v) is 4.46. The van der Waals surface area contributed by atoms with E-state index in [2.05, 4.69) is 5.32 Å². The highest BCUT2D eigenvalue weighted by Crippen LogP contribution is 2.30. The molecule has 166 valence electrons. The van der Waals surface area contributed by atoms with Crippen molar-refractivity contribution in [1.82, 2.24) is 0 Å². The van der Waals surface area contributed by atoms with Crippen molar-refractivity contribution in [3.05, 3.63) is 93.2 Å². The summed E-state index contributed by atoms with van der Waals surface area (Å²) in [5.41, 5.74) is 0.127. The summed E-state index contributed by atoms with van der Waals surface area (Å²) in [6, 6.07) is 14.9. The van der Waals surface area contributed by atoms with Crippen LogP contribution in [0.15, 0.2) is 71.6 Å². The third-order valence-corrected chi connectivity index (χ3v) is 6.58. The number of halogens is 2. The number of sulfonamides is 1. The fraction of sp³-hybridized carbons (Fsp3) is 0.0952. The van der Waals surface area contributed by atoms with E-state index in [0.29, 0.717) is 5.56 Å². The Morgan fingerprint density at radius 2 is 1.81 bits per heavy atom. The highest BCUT2D eigenvalue weighted by Gasteiger charge is 2.29. The van der Waals surface area contributed by atoms with Crippen LogP contribution in [-0.2, 0) is 14.8 Å². The summed E-state index contributed by atoms with van der Waals surface area (Å²) in [7, 11) is -4.39. The zero-order valence-corrected chi connectivity index (χ0v) is 18.2. The second kappa shape index (κ2) is 9.33. The molecule has 0 fully saturated rings. The molecule has 1 amide bonds. The number of benzene rings is 3. The monoisotopic (exact) mass is 477 g/mol. The molecular formula is C21H17ClFN3O5S. The van der Waals surface area contributed by atoms with E-state index in [1.54, 1.807) is 25.1 Å². The topological polar surface area (TPSA) is 110 Å². The van der Waals surface area contributed by atoms with Gasteiger partial charge in [0.25, 0.3) is 15.7 Å². The zero-order valence-electron chi connectivity index (χ0n) is 16.7. The Bertz CT molecular complexity index is 1290. The van der Waals surface area contributed by atoms with Gasteiger partial charge in [-0.2, -0.15) is 0 Å². The van der Waals surface area contributed by atoms with E-state index in [-0.39, 0.29) is 16.4 Å². The second-order valence-electron chi connectivity index (χ2n) is 6.73. The van der Waals surface area contributed by atoms with Gasteiger partial charge in [0.05, 0.1) is 15.5 Å². The van der Waals surface area contributed by atoms with Gasteiger partial charge in [0, 0.05) is 11.8 Å². The number of hydrogen-bond donors (Lipinski definition) is 1. The molecule has 0 atom stereocenters. The van der Waals surface area contributed by atoms with E-state index in [4.69, 9.17) is 11.6 Å². The largest absolute Gasteiger partial charge is 0.324 e. The van der Waals surface area contributed by atoms with Crippen molar-refractivity contribution in [2.45, 2.75) is 11.8 Å². The number of nitrogens with zero attached hydrogens (tertiary/aromatic N) is 2. The van der Waals surface area contributed by atoms with Crippen LogP contribution in [0.3, 0.4) is 0 Å². The predicted octanol–water partition coefficient (Wildman–Crippen LogP) is 4.53. The smallest absolute Gasteiger partial charge is 0.289 e. The summed E-state index contributed by atoms with van der Waals surface area (Å²) in [6.07, 6.45) is 0. The summed E-state index contributed by atoms with van der Waals surface area (Å²) in [5, 5.41) is 13.4. The maximum atomic E-state index is 13.8. The number of nitro groups is 1. The fourth-order valence-electron chi connectivity index (χ4n) is 2.83. The standard InChI is InChI=1S/C21H17ClFN3O5S/c1-14-7-8-15(11-19(14)23)24-21(27)13-25(16-5-3-2-4-6-16)32(30,31)17-9-10-18(22)20(12-17)26(28)29/h2-12H,13H2,1H3,(H,24,27). The van der Waals surface area contributed by atoms with Gasteiger partial charge >= 0.3 is 0 Å². The second-order valence-corrected chi connectivity index (χ2v) is 9.00. The van der Waals surface area contributed by atoms with Crippen LogP contribution in [0.4, 0.5) is 21.5 Å². The Labute approximate surface area is 188 Å². The molecule has 1 N–H and O–H groups in total. The number of rotatable bonds is 7. The number of para-hydroxylation sites is 1. The van der Waals surface area contributed by atoms with Crippen molar-refractivity contribution in [3.8, 4) is 0 Å². The van der Waals surface area contributed by atoms with Crippen molar-refractivity contribution in [1.29, 1.82) is 0 Å². The van der Waals surface area contributed by atoms with Crippen LogP contribution in [0.2, 0.25) is 5.02 Å². The lowest BCUT2D eigenvalue weighted by atomic mass is 10.2. The average Bonchev–Trinajstić information content (AvgIpc) is 2.75. The normalized spacial score (nSPS) is 11.1. The molecular weight excluding hydrogens is 461 g/mol. The molecule has 3 rings (SSSR count). The third-order valence-electron chi connectivity index (χ3n) is 4.49. The molecule has 0 bridgehead atoms. The lowest BCUT2D eigenvalue weighted by molar-refractivity contribution is -0.384. The van der Waals surface area contributed by atoms with Crippen LogP contribution < -0.4 is 9.62 Å². The first-order valence-electron chi connectivity index (χ1n) is 9.17. The van der Waals surface area contributed by atoms with E-state index in [1.165, 1.54) is 24.3 Å². The molecule has 0 unspecified atom stereocenters. The minimum absolute atomic E-state index is 0.158. The van der Waals surface area contributed by atoms with Crippen LogP contribution in [0.5, 0.6) is 0 Å². The molecule has 0 aromatic heterocycles. The average molecular weight is 478 g/mol. The van der Waals surface area contributed by atoms with Gasteiger partial charge in [0.2, 0.25) is 5.91 Å². The van der Waals surface area contributed by atoms with E-state index >= 15 is 0 Å². The van der Waals surface area contributed by atoms with Crippen LogP contribution >= 0.6 is 11.6 Å². The van der Waals surface area contributed by atoms with Gasteiger partial charge in [-0.25, -0.2) is 12.8 Å². The van der Waals surface area contributed by atoms with Crippen molar-refractivity contribution in [2.75, 3.05) is 16.2 Å². The molecule has 0 aliphatic rings. The number of carbonyl (C=O) groups is 1. The summed E-state index contributed by atoms with van der Waals surface area (Å²) in [4.78, 5) is 22.6. The van der Waals surface area contributed by atoms with E-state index in [1.807, 2.05) is 0 Å². The van der Waals surface area contributed by atoms with Crippen molar-refractivity contribution in [3.63, 3.8) is 0 Å². The van der Waals surface area contributed by atoms with Gasteiger partial charge in [-0.1, -0.05) is 35.9 Å². The zero-order chi connectivity index (χ0) is 23.5. The Morgan fingerprint density at radius 3 is 2.44 bits per heavy atom. The van der Waals surface area contributed by atoms with E-state index in [0.717, 1.165) is 28.6 Å². The molecule has 0 heterocycles. The maximum Gasteiger partial charge on any atom is 0.289 e. The molecule has 0 saturated carbocycles. The number of aryl methyl sites for hydroxylation is 1. The lowest BCUT2D eigenvalue weighted by Crippen LogP contribution is -2.38. The SMILES string of the molecule is Cc1ccc(NC(=O)CN(c2ccccc2)S(=O)(=O)c2ccc(Cl)c([N+](=O)[O-])c2)cc1F. The van der Waals surface area contributed by atoms with Gasteiger partial charge in [-0.15, -0.1) is 0 Å². The van der Waals surface area contributed by atoms with Gasteiger partial charge in [-0.3, -0.25) is 19.2 Å². The number of carbonyl (C=O) groups excluding carboxylic acids is 1. The first kappa shape index (κ1) is 23.2. The summed E-state index contributed by atoms with van der Waals surface area (Å²) < 4.78 is 41.2. The molecule has 3 aromatic carbocycles. The molecule has 0 saturated heterocycles. The lowest BCUT2D eigenvalue weighted by Gasteiger charge is -2.24. The first-order valence-corrected chi connectivity index (χ1v) is 11.0. The maximum absolute atomic E-state index is 13.8. The van der Waals surface area contributed by atoms with Crippen molar-refractivity contribution >= 4 is 44.6 Å². The first-order chi connectivity index (χ1) is 15.1. The number of hydrogen-bond acceptors (Lipinski definition) is 5. The molecule has 32 heavy (non-hydrogen) atoms. The van der Waals surface area contributed by atoms with Gasteiger partial charge in [-0.05, 0) is 48.9 Å². The molecule has 11 heteroatoms. The van der Waals surface area contributed by atoms with Crippen LogP contribution in [0.25, 0.3) is 0 Å².